The summed E-state index contributed by atoms with van der Waals surface area (Å²) in [5, 5.41) is 11.7. The number of anilines is 1. The van der Waals surface area contributed by atoms with E-state index in [2.05, 4.69) is 20.7 Å². The Labute approximate surface area is 175 Å². The van der Waals surface area contributed by atoms with Crippen LogP contribution in [0.1, 0.15) is 23.2 Å². The molecule has 2 amide bonds. The summed E-state index contributed by atoms with van der Waals surface area (Å²) in [7, 11) is 0. The van der Waals surface area contributed by atoms with Gasteiger partial charge in [0.15, 0.2) is 5.13 Å². The van der Waals surface area contributed by atoms with Gasteiger partial charge in [0.05, 0.1) is 21.1 Å². The highest BCUT2D eigenvalue weighted by Gasteiger charge is 2.28. The summed E-state index contributed by atoms with van der Waals surface area (Å²) in [5.41, 5.74) is 5.64. The summed E-state index contributed by atoms with van der Waals surface area (Å²) in [5.74, 6) is -1.19. The molecule has 2 N–H and O–H groups in total. The molecule has 1 aromatic heterocycles. The second kappa shape index (κ2) is 8.46. The Kier molecular flexibility index (Phi) is 5.57. The molecular formula is C20H19N5O4S. The lowest BCUT2D eigenvalue weighted by Crippen LogP contribution is -2.49. The Balaban J connectivity index is 1.37. The molecule has 4 rings (SSSR count). The quantitative estimate of drug-likeness (QED) is 0.490. The number of aromatic nitrogens is 1. The average Bonchev–Trinajstić information content (AvgIpc) is 3.22. The van der Waals surface area contributed by atoms with Gasteiger partial charge in [-0.1, -0.05) is 29.5 Å². The normalized spacial score (nSPS) is 16.3. The first kappa shape index (κ1) is 19.8. The molecule has 10 heteroatoms. The number of nitrogens with zero attached hydrogens (tertiary/aromatic N) is 3. The van der Waals surface area contributed by atoms with Gasteiger partial charge in [0.25, 0.3) is 11.6 Å². The second-order valence-electron chi connectivity index (χ2n) is 7.00. The average molecular weight is 425 g/mol. The molecule has 1 atom stereocenters. The lowest BCUT2D eigenvalue weighted by Gasteiger charge is -2.31. The van der Waals surface area contributed by atoms with E-state index in [9.17, 15) is 19.7 Å². The number of nitro benzene ring substituents is 1. The first-order valence-electron chi connectivity index (χ1n) is 9.46. The van der Waals surface area contributed by atoms with E-state index in [0.29, 0.717) is 13.0 Å². The number of piperidine rings is 1. The number of carbonyl (C=O) groups excluding carboxylic acids is 2. The van der Waals surface area contributed by atoms with Crippen LogP contribution in [0.4, 0.5) is 10.8 Å². The van der Waals surface area contributed by atoms with Gasteiger partial charge in [0.1, 0.15) is 0 Å². The van der Waals surface area contributed by atoms with E-state index in [1.807, 2.05) is 24.3 Å². The summed E-state index contributed by atoms with van der Waals surface area (Å²) in [6.45, 7) is 1.34. The van der Waals surface area contributed by atoms with Crippen LogP contribution in [0.25, 0.3) is 10.2 Å². The van der Waals surface area contributed by atoms with Crippen molar-refractivity contribution in [3.63, 3.8) is 0 Å². The fraction of sp³-hybridized carbons (Fsp3) is 0.250. The molecule has 1 fully saturated rings. The molecule has 1 aliphatic rings. The Morgan fingerprint density at radius 1 is 1.17 bits per heavy atom. The number of thiazole rings is 1. The number of amides is 2. The maximum absolute atomic E-state index is 12.6. The molecule has 0 aliphatic carbocycles. The minimum Gasteiger partial charge on any atom is -0.347 e. The van der Waals surface area contributed by atoms with E-state index in [1.165, 1.54) is 18.2 Å². The van der Waals surface area contributed by atoms with Gasteiger partial charge in [-0.15, -0.1) is 0 Å². The van der Waals surface area contributed by atoms with Crippen LogP contribution < -0.4 is 15.8 Å². The zero-order chi connectivity index (χ0) is 21.1. The zero-order valence-corrected chi connectivity index (χ0v) is 16.7. The third-order valence-electron chi connectivity index (χ3n) is 4.96. The second-order valence-corrected chi connectivity index (χ2v) is 8.01. The van der Waals surface area contributed by atoms with Crippen molar-refractivity contribution in [3.8, 4) is 0 Å². The molecule has 1 saturated heterocycles. The van der Waals surface area contributed by atoms with Crippen LogP contribution in [-0.4, -0.2) is 34.8 Å². The number of hydrazine groups is 1. The number of hydrogen-bond acceptors (Lipinski definition) is 7. The number of carbonyl (C=O) groups is 2. The molecule has 154 valence electrons. The first-order chi connectivity index (χ1) is 14.5. The van der Waals surface area contributed by atoms with E-state index < -0.39 is 10.8 Å². The summed E-state index contributed by atoms with van der Waals surface area (Å²) >= 11 is 1.60. The highest BCUT2D eigenvalue weighted by atomic mass is 32.1. The van der Waals surface area contributed by atoms with Gasteiger partial charge in [0.2, 0.25) is 5.91 Å². The highest BCUT2D eigenvalue weighted by Crippen LogP contribution is 2.31. The molecule has 1 aliphatic heterocycles. The van der Waals surface area contributed by atoms with Gasteiger partial charge in [-0.25, -0.2) is 4.98 Å². The SMILES string of the molecule is O=C(NNC(=O)[C@@H]1CCCN(c2nc3ccccc3s2)C1)c1cccc([N+](=O)[O-])c1. The van der Waals surface area contributed by atoms with Crippen molar-refractivity contribution in [1.82, 2.24) is 15.8 Å². The van der Waals surface area contributed by atoms with Crippen LogP contribution in [0.15, 0.2) is 48.5 Å². The van der Waals surface area contributed by atoms with Crippen molar-refractivity contribution in [2.45, 2.75) is 12.8 Å². The van der Waals surface area contributed by atoms with E-state index in [-0.39, 0.29) is 23.1 Å². The van der Waals surface area contributed by atoms with Gasteiger partial charge >= 0.3 is 0 Å². The number of hydrogen-bond donors (Lipinski definition) is 2. The predicted molar refractivity (Wildman–Crippen MR) is 113 cm³/mol. The van der Waals surface area contributed by atoms with Crippen molar-refractivity contribution in [2.75, 3.05) is 18.0 Å². The zero-order valence-electron chi connectivity index (χ0n) is 15.9. The summed E-state index contributed by atoms with van der Waals surface area (Å²) < 4.78 is 1.10. The third kappa shape index (κ3) is 4.23. The van der Waals surface area contributed by atoms with Gasteiger partial charge in [-0.05, 0) is 31.0 Å². The number of non-ortho nitro benzene ring substituents is 1. The smallest absolute Gasteiger partial charge is 0.270 e. The molecule has 0 spiro atoms. The van der Waals surface area contributed by atoms with Crippen molar-refractivity contribution in [2.24, 2.45) is 5.92 Å². The van der Waals surface area contributed by atoms with Crippen LogP contribution in [0.3, 0.4) is 0 Å². The monoisotopic (exact) mass is 425 g/mol. The van der Waals surface area contributed by atoms with Gasteiger partial charge < -0.3 is 4.90 Å². The van der Waals surface area contributed by atoms with Crippen LogP contribution in [0, 0.1) is 16.0 Å². The topological polar surface area (TPSA) is 117 Å². The number of para-hydroxylation sites is 1. The Morgan fingerprint density at radius 3 is 2.80 bits per heavy atom. The number of benzene rings is 2. The van der Waals surface area contributed by atoms with Crippen molar-refractivity contribution < 1.29 is 14.5 Å². The lowest BCUT2D eigenvalue weighted by molar-refractivity contribution is -0.384. The van der Waals surface area contributed by atoms with Crippen molar-refractivity contribution in [1.29, 1.82) is 0 Å². The van der Waals surface area contributed by atoms with E-state index in [0.717, 1.165) is 34.4 Å². The predicted octanol–water partition coefficient (Wildman–Crippen LogP) is 2.88. The molecule has 0 bridgehead atoms. The van der Waals surface area contributed by atoms with E-state index in [4.69, 9.17) is 0 Å². The summed E-state index contributed by atoms with van der Waals surface area (Å²) in [6.07, 6.45) is 1.55. The first-order valence-corrected chi connectivity index (χ1v) is 10.3. The Bertz CT molecular complexity index is 1080. The molecule has 9 nitrogen and oxygen atoms in total. The van der Waals surface area contributed by atoms with Crippen molar-refractivity contribution in [3.05, 3.63) is 64.2 Å². The minimum atomic E-state index is -0.606. The standard InChI is InChI=1S/C20H19N5O4S/c26-18(13-5-3-7-15(11-13)25(28)29)22-23-19(27)14-6-4-10-24(12-14)20-21-16-8-1-2-9-17(16)30-20/h1-3,5,7-9,11,14H,4,6,10,12H2,(H,22,26)(H,23,27)/t14-/m1/s1. The third-order valence-corrected chi connectivity index (χ3v) is 6.06. The van der Waals surface area contributed by atoms with Crippen LogP contribution in [0.5, 0.6) is 0 Å². The van der Waals surface area contributed by atoms with Crippen LogP contribution in [-0.2, 0) is 4.79 Å². The summed E-state index contributed by atoms with van der Waals surface area (Å²) in [4.78, 5) is 41.8. The molecule has 30 heavy (non-hydrogen) atoms. The van der Waals surface area contributed by atoms with Crippen LogP contribution in [0.2, 0.25) is 0 Å². The maximum atomic E-state index is 12.6. The molecular weight excluding hydrogens is 406 g/mol. The molecule has 2 aromatic carbocycles. The maximum Gasteiger partial charge on any atom is 0.270 e. The fourth-order valence-corrected chi connectivity index (χ4v) is 4.41. The molecule has 0 radical (unpaired) electrons. The highest BCUT2D eigenvalue weighted by molar-refractivity contribution is 7.22. The lowest BCUT2D eigenvalue weighted by atomic mass is 9.98. The van der Waals surface area contributed by atoms with E-state index >= 15 is 0 Å². The van der Waals surface area contributed by atoms with Gasteiger partial charge in [0, 0.05) is 30.8 Å². The molecule has 0 saturated carbocycles. The van der Waals surface area contributed by atoms with Crippen molar-refractivity contribution >= 4 is 44.2 Å². The van der Waals surface area contributed by atoms with Gasteiger partial charge in [-0.2, -0.15) is 0 Å². The summed E-state index contributed by atoms with van der Waals surface area (Å²) in [6, 6.07) is 13.2. The van der Waals surface area contributed by atoms with Crippen LogP contribution >= 0.6 is 11.3 Å². The molecule has 2 heterocycles. The Hall–Kier alpha value is -3.53. The van der Waals surface area contributed by atoms with E-state index in [1.54, 1.807) is 11.3 Å². The number of rotatable bonds is 4. The van der Waals surface area contributed by atoms with Gasteiger partial charge in [-0.3, -0.25) is 30.6 Å². The molecule has 0 unspecified atom stereocenters. The largest absolute Gasteiger partial charge is 0.347 e. The number of fused-ring (bicyclic) bond motifs is 1. The number of nitro groups is 1. The number of nitrogens with one attached hydrogen (secondary N) is 2. The Morgan fingerprint density at radius 2 is 2.00 bits per heavy atom. The fourth-order valence-electron chi connectivity index (χ4n) is 3.41. The minimum absolute atomic E-state index is 0.101. The molecule has 3 aromatic rings.